The molecular formula is C10H8O2S. The lowest BCUT2D eigenvalue weighted by Gasteiger charge is -2.01. The number of carbonyl (C=O) groups is 1. The summed E-state index contributed by atoms with van der Waals surface area (Å²) in [5.74, 6) is 0.829. The van der Waals surface area contributed by atoms with E-state index >= 15 is 0 Å². The summed E-state index contributed by atoms with van der Waals surface area (Å²) in [5.41, 5.74) is 0.719. The Morgan fingerprint density at radius 2 is 2.23 bits per heavy atom. The topological polar surface area (TPSA) is 26.3 Å². The number of carbonyl (C=O) groups excluding carboxylic acids is 1. The van der Waals surface area contributed by atoms with Crippen LogP contribution in [0.3, 0.4) is 0 Å². The normalized spacial score (nSPS) is 10.2. The third-order valence-corrected chi connectivity index (χ3v) is 2.89. The van der Waals surface area contributed by atoms with Crippen molar-refractivity contribution < 1.29 is 9.53 Å². The van der Waals surface area contributed by atoms with Gasteiger partial charge in [-0.1, -0.05) is 0 Å². The van der Waals surface area contributed by atoms with Gasteiger partial charge in [0.15, 0.2) is 6.29 Å². The Balaban J connectivity index is 2.81. The molecule has 0 aliphatic carbocycles. The van der Waals surface area contributed by atoms with Crippen molar-refractivity contribution in [1.29, 1.82) is 0 Å². The first kappa shape index (κ1) is 8.26. The van der Waals surface area contributed by atoms with Gasteiger partial charge in [-0.3, -0.25) is 4.79 Å². The highest BCUT2D eigenvalue weighted by Gasteiger charge is 2.06. The second kappa shape index (κ2) is 3.18. The van der Waals surface area contributed by atoms with E-state index in [9.17, 15) is 4.79 Å². The van der Waals surface area contributed by atoms with Crippen molar-refractivity contribution in [2.45, 2.75) is 0 Å². The van der Waals surface area contributed by atoms with Crippen LogP contribution in [0.2, 0.25) is 0 Å². The van der Waals surface area contributed by atoms with E-state index in [0.717, 1.165) is 27.7 Å². The predicted molar refractivity (Wildman–Crippen MR) is 53.8 cm³/mol. The number of fused-ring (bicyclic) bond motifs is 1. The van der Waals surface area contributed by atoms with E-state index < -0.39 is 0 Å². The van der Waals surface area contributed by atoms with E-state index in [0.29, 0.717) is 0 Å². The molecule has 0 saturated heterocycles. The lowest BCUT2D eigenvalue weighted by atomic mass is 10.1. The summed E-state index contributed by atoms with van der Waals surface area (Å²) < 4.78 is 6.21. The zero-order valence-corrected chi connectivity index (χ0v) is 7.93. The Bertz CT molecular complexity index is 445. The second-order valence-corrected chi connectivity index (χ2v) is 3.55. The Morgan fingerprint density at radius 1 is 1.38 bits per heavy atom. The molecule has 0 saturated carbocycles. The van der Waals surface area contributed by atoms with Gasteiger partial charge in [-0.25, -0.2) is 0 Å². The van der Waals surface area contributed by atoms with E-state index in [1.807, 2.05) is 17.5 Å². The molecule has 2 aromatic rings. The zero-order valence-electron chi connectivity index (χ0n) is 7.11. The maximum atomic E-state index is 10.7. The fourth-order valence-electron chi connectivity index (χ4n) is 1.32. The Kier molecular flexibility index (Phi) is 2.02. The van der Waals surface area contributed by atoms with Crippen molar-refractivity contribution in [3.8, 4) is 5.75 Å². The van der Waals surface area contributed by atoms with Gasteiger partial charge in [-0.2, -0.15) is 0 Å². The minimum atomic E-state index is 0.719. The summed E-state index contributed by atoms with van der Waals surface area (Å²) >= 11 is 1.58. The molecule has 0 atom stereocenters. The van der Waals surface area contributed by atoms with E-state index in [-0.39, 0.29) is 0 Å². The number of benzene rings is 1. The van der Waals surface area contributed by atoms with Gasteiger partial charge in [0.25, 0.3) is 0 Å². The van der Waals surface area contributed by atoms with Crippen LogP contribution in [0.15, 0.2) is 23.6 Å². The average molecular weight is 192 g/mol. The monoisotopic (exact) mass is 192 g/mol. The summed E-state index contributed by atoms with van der Waals surface area (Å²) in [6.45, 7) is 0. The Labute approximate surface area is 79.8 Å². The fraction of sp³-hybridized carbons (Fsp3) is 0.100. The number of aldehydes is 1. The maximum absolute atomic E-state index is 10.7. The van der Waals surface area contributed by atoms with Gasteiger partial charge in [0, 0.05) is 10.9 Å². The highest BCUT2D eigenvalue weighted by Crippen LogP contribution is 2.32. The van der Waals surface area contributed by atoms with Gasteiger partial charge >= 0.3 is 0 Å². The molecule has 0 aliphatic rings. The van der Waals surface area contributed by atoms with Crippen molar-refractivity contribution in [3.63, 3.8) is 0 Å². The average Bonchev–Trinajstić information content (AvgIpc) is 2.64. The first-order chi connectivity index (χ1) is 6.36. The number of hydrogen-bond donors (Lipinski definition) is 0. The molecule has 0 unspecified atom stereocenters. The van der Waals surface area contributed by atoms with Crippen molar-refractivity contribution in [1.82, 2.24) is 0 Å². The van der Waals surface area contributed by atoms with Crippen molar-refractivity contribution in [2.24, 2.45) is 0 Å². The molecule has 0 N–H and O–H groups in total. The number of rotatable bonds is 2. The summed E-state index contributed by atoms with van der Waals surface area (Å²) in [6, 6.07) is 5.54. The van der Waals surface area contributed by atoms with Crippen LogP contribution in [0, 0.1) is 0 Å². The molecule has 1 aromatic heterocycles. The minimum Gasteiger partial charge on any atom is -0.495 e. The van der Waals surface area contributed by atoms with Gasteiger partial charge < -0.3 is 4.74 Å². The quantitative estimate of drug-likeness (QED) is 0.684. The maximum Gasteiger partial charge on any atom is 0.150 e. The van der Waals surface area contributed by atoms with Crippen LogP contribution < -0.4 is 4.74 Å². The summed E-state index contributed by atoms with van der Waals surface area (Å²) in [5, 5.41) is 2.93. The molecule has 0 radical (unpaired) electrons. The van der Waals surface area contributed by atoms with Gasteiger partial charge in [-0.15, -0.1) is 11.3 Å². The molecular weight excluding hydrogens is 184 g/mol. The van der Waals surface area contributed by atoms with E-state index in [1.54, 1.807) is 24.5 Å². The van der Waals surface area contributed by atoms with Crippen molar-refractivity contribution in [2.75, 3.05) is 7.11 Å². The first-order valence-electron chi connectivity index (χ1n) is 3.86. The highest BCUT2D eigenvalue weighted by atomic mass is 32.1. The molecule has 0 amide bonds. The largest absolute Gasteiger partial charge is 0.495 e. The molecule has 0 bridgehead atoms. The van der Waals surface area contributed by atoms with Gasteiger partial charge in [0.1, 0.15) is 5.75 Å². The number of hydrogen-bond acceptors (Lipinski definition) is 3. The molecule has 0 spiro atoms. The van der Waals surface area contributed by atoms with Crippen LogP contribution >= 0.6 is 11.3 Å². The first-order valence-corrected chi connectivity index (χ1v) is 4.74. The molecule has 66 valence electrons. The van der Waals surface area contributed by atoms with Crippen LogP contribution in [0.1, 0.15) is 10.4 Å². The lowest BCUT2D eigenvalue weighted by molar-refractivity contribution is 0.112. The molecule has 3 heteroatoms. The van der Waals surface area contributed by atoms with Crippen molar-refractivity contribution in [3.05, 3.63) is 29.1 Å². The van der Waals surface area contributed by atoms with Gasteiger partial charge in [0.05, 0.1) is 11.8 Å². The zero-order chi connectivity index (χ0) is 9.26. The van der Waals surface area contributed by atoms with Crippen LogP contribution in [-0.4, -0.2) is 13.4 Å². The molecule has 2 nitrogen and oxygen atoms in total. The molecule has 2 rings (SSSR count). The van der Waals surface area contributed by atoms with Crippen LogP contribution in [0.4, 0.5) is 0 Å². The van der Waals surface area contributed by atoms with E-state index in [4.69, 9.17) is 4.74 Å². The van der Waals surface area contributed by atoms with E-state index in [2.05, 4.69) is 0 Å². The highest BCUT2D eigenvalue weighted by molar-refractivity contribution is 7.17. The molecule has 1 heterocycles. The summed E-state index contributed by atoms with van der Waals surface area (Å²) in [4.78, 5) is 10.7. The number of methoxy groups -OCH3 is 1. The third-order valence-electron chi connectivity index (χ3n) is 1.96. The van der Waals surface area contributed by atoms with Crippen LogP contribution in [0.25, 0.3) is 10.1 Å². The lowest BCUT2D eigenvalue weighted by Crippen LogP contribution is -1.85. The minimum absolute atomic E-state index is 0.719. The second-order valence-electron chi connectivity index (χ2n) is 2.64. The SMILES string of the molecule is COc1ccc(C=O)c2ccsc12. The van der Waals surface area contributed by atoms with Gasteiger partial charge in [0.2, 0.25) is 0 Å². The summed E-state index contributed by atoms with van der Waals surface area (Å²) in [6.07, 6.45) is 0.870. The third kappa shape index (κ3) is 1.21. The summed E-state index contributed by atoms with van der Waals surface area (Å²) in [7, 11) is 1.63. The predicted octanol–water partition coefficient (Wildman–Crippen LogP) is 2.72. The number of ether oxygens (including phenoxy) is 1. The smallest absolute Gasteiger partial charge is 0.150 e. The van der Waals surface area contributed by atoms with Gasteiger partial charge in [-0.05, 0) is 23.6 Å². The molecule has 0 aliphatic heterocycles. The van der Waals surface area contributed by atoms with E-state index in [1.165, 1.54) is 0 Å². The van der Waals surface area contributed by atoms with Crippen LogP contribution in [-0.2, 0) is 0 Å². The molecule has 1 aromatic carbocycles. The number of thiophene rings is 1. The molecule has 13 heavy (non-hydrogen) atoms. The Hall–Kier alpha value is -1.35. The fourth-order valence-corrected chi connectivity index (χ4v) is 2.24. The molecule has 0 fully saturated rings. The van der Waals surface area contributed by atoms with Crippen LogP contribution in [0.5, 0.6) is 5.75 Å². The standard InChI is InChI=1S/C10H8O2S/c1-12-9-3-2-7(6-11)8-4-5-13-10(8)9/h2-6H,1H3. The van der Waals surface area contributed by atoms with Crippen molar-refractivity contribution >= 4 is 27.7 Å². The Morgan fingerprint density at radius 3 is 2.92 bits per heavy atom.